The summed E-state index contributed by atoms with van der Waals surface area (Å²) in [6, 6.07) is 5.36. The van der Waals surface area contributed by atoms with E-state index in [0.717, 1.165) is 10.5 Å². The van der Waals surface area contributed by atoms with Gasteiger partial charge in [-0.05, 0) is 11.6 Å². The van der Waals surface area contributed by atoms with Crippen LogP contribution in [0.15, 0.2) is 23.1 Å². The van der Waals surface area contributed by atoms with Gasteiger partial charge in [0.2, 0.25) is 0 Å². The van der Waals surface area contributed by atoms with E-state index in [-0.39, 0.29) is 6.04 Å². The highest BCUT2D eigenvalue weighted by Gasteiger charge is 2.27. The predicted molar refractivity (Wildman–Crippen MR) is 49.7 cm³/mol. The fourth-order valence-electron chi connectivity index (χ4n) is 1.39. The van der Waals surface area contributed by atoms with Gasteiger partial charge in [0, 0.05) is 11.8 Å². The quantitative estimate of drug-likeness (QED) is 0.691. The number of hydrogen-bond donors (Lipinski definition) is 1. The molecule has 2 atom stereocenters. The second-order valence-corrected chi connectivity index (χ2v) is 4.62. The molecule has 2 nitrogen and oxygen atoms in total. The molecule has 0 saturated heterocycles. The molecule has 0 bridgehead atoms. The summed E-state index contributed by atoms with van der Waals surface area (Å²) in [6.07, 6.45) is 0. The van der Waals surface area contributed by atoms with E-state index in [2.05, 4.69) is 0 Å². The van der Waals surface area contributed by atoms with Crippen molar-refractivity contribution in [3.05, 3.63) is 28.8 Å². The monoisotopic (exact) mass is 201 g/mol. The summed E-state index contributed by atoms with van der Waals surface area (Å²) in [4.78, 5) is 0.728. The van der Waals surface area contributed by atoms with Crippen LogP contribution >= 0.6 is 11.6 Å². The summed E-state index contributed by atoms with van der Waals surface area (Å²) in [5.41, 5.74) is 6.69. The fraction of sp³-hybridized carbons (Fsp3) is 0.250. The van der Waals surface area contributed by atoms with Crippen LogP contribution in [0.25, 0.3) is 0 Å². The van der Waals surface area contributed by atoms with E-state index < -0.39 is 10.8 Å². The highest BCUT2D eigenvalue weighted by molar-refractivity contribution is 7.85. The second kappa shape index (κ2) is 2.83. The summed E-state index contributed by atoms with van der Waals surface area (Å²) in [5.74, 6) is 0.499. The van der Waals surface area contributed by atoms with Crippen LogP contribution < -0.4 is 5.73 Å². The molecule has 2 N–H and O–H groups in total. The molecule has 64 valence electrons. The Morgan fingerprint density at radius 2 is 2.33 bits per heavy atom. The Morgan fingerprint density at radius 1 is 1.58 bits per heavy atom. The first kappa shape index (κ1) is 8.23. The minimum absolute atomic E-state index is 0.112. The fourth-order valence-corrected chi connectivity index (χ4v) is 3.27. The molecule has 0 radical (unpaired) electrons. The van der Waals surface area contributed by atoms with Crippen molar-refractivity contribution >= 4 is 22.4 Å². The van der Waals surface area contributed by atoms with Crippen molar-refractivity contribution in [3.8, 4) is 0 Å². The number of fused-ring (bicyclic) bond motifs is 1. The molecule has 4 heteroatoms. The van der Waals surface area contributed by atoms with Crippen molar-refractivity contribution in [1.82, 2.24) is 0 Å². The van der Waals surface area contributed by atoms with Gasteiger partial charge in [-0.1, -0.05) is 23.7 Å². The van der Waals surface area contributed by atoms with Gasteiger partial charge in [-0.2, -0.15) is 0 Å². The lowest BCUT2D eigenvalue weighted by molar-refractivity contribution is 0.683. The number of nitrogens with two attached hydrogens (primary N) is 1. The molecule has 2 rings (SSSR count). The van der Waals surface area contributed by atoms with Crippen LogP contribution in [-0.4, -0.2) is 9.96 Å². The van der Waals surface area contributed by atoms with Crippen molar-refractivity contribution in [2.24, 2.45) is 5.73 Å². The van der Waals surface area contributed by atoms with Gasteiger partial charge in [0.25, 0.3) is 0 Å². The molecule has 2 unspecified atom stereocenters. The van der Waals surface area contributed by atoms with Crippen molar-refractivity contribution in [2.75, 3.05) is 5.75 Å². The van der Waals surface area contributed by atoms with Crippen molar-refractivity contribution in [1.29, 1.82) is 0 Å². The van der Waals surface area contributed by atoms with E-state index in [1.165, 1.54) is 0 Å². The van der Waals surface area contributed by atoms with Gasteiger partial charge in [0.15, 0.2) is 0 Å². The van der Waals surface area contributed by atoms with Gasteiger partial charge in [-0.15, -0.1) is 0 Å². The third-order valence-electron chi connectivity index (χ3n) is 1.96. The van der Waals surface area contributed by atoms with E-state index in [4.69, 9.17) is 17.3 Å². The Bertz CT molecular complexity index is 353. The Hall–Kier alpha value is -0.380. The average molecular weight is 202 g/mol. The van der Waals surface area contributed by atoms with Gasteiger partial charge < -0.3 is 5.73 Å². The van der Waals surface area contributed by atoms with Gasteiger partial charge in [-0.25, -0.2) is 0 Å². The number of hydrogen-bond acceptors (Lipinski definition) is 2. The lowest BCUT2D eigenvalue weighted by atomic mass is 10.1. The first-order chi connectivity index (χ1) is 5.70. The third kappa shape index (κ3) is 1.09. The molecular formula is C8H8ClNOS. The molecule has 0 fully saturated rings. The molecule has 0 amide bonds. The largest absolute Gasteiger partial charge is 0.323 e. The van der Waals surface area contributed by atoms with Crippen molar-refractivity contribution in [2.45, 2.75) is 10.9 Å². The van der Waals surface area contributed by atoms with Crippen molar-refractivity contribution < 1.29 is 4.21 Å². The van der Waals surface area contributed by atoms with E-state index in [9.17, 15) is 4.21 Å². The molecule has 0 saturated carbocycles. The molecule has 0 aliphatic carbocycles. The highest BCUT2D eigenvalue weighted by atomic mass is 35.5. The Balaban J connectivity index is 2.67. The zero-order valence-electron chi connectivity index (χ0n) is 6.29. The standard InChI is InChI=1S/C8H8ClNOS/c9-6-3-1-2-5-7(10)4-12(11)8(5)6/h1-3,7H,4,10H2. The Kier molecular flexibility index (Phi) is 1.94. The summed E-state index contributed by atoms with van der Waals surface area (Å²) in [5, 5.41) is 0.568. The van der Waals surface area contributed by atoms with Crippen LogP contribution in [0, 0.1) is 0 Å². The predicted octanol–water partition coefficient (Wildman–Crippen LogP) is 1.46. The number of benzene rings is 1. The summed E-state index contributed by atoms with van der Waals surface area (Å²) < 4.78 is 11.4. The molecule has 0 aromatic heterocycles. The average Bonchev–Trinajstić information content (AvgIpc) is 2.29. The Labute approximate surface area is 78.2 Å². The molecule has 1 aromatic rings. The van der Waals surface area contributed by atoms with Gasteiger partial charge in [0.1, 0.15) is 0 Å². The molecule has 1 aromatic carbocycles. The third-order valence-corrected chi connectivity index (χ3v) is 3.96. The second-order valence-electron chi connectivity index (χ2n) is 2.78. The zero-order valence-corrected chi connectivity index (χ0v) is 7.86. The van der Waals surface area contributed by atoms with E-state index in [1.807, 2.05) is 12.1 Å². The van der Waals surface area contributed by atoms with Crippen molar-refractivity contribution in [3.63, 3.8) is 0 Å². The van der Waals surface area contributed by atoms with E-state index in [1.54, 1.807) is 6.07 Å². The van der Waals surface area contributed by atoms with E-state index in [0.29, 0.717) is 10.8 Å². The summed E-state index contributed by atoms with van der Waals surface area (Å²) in [7, 11) is -0.996. The highest BCUT2D eigenvalue weighted by Crippen LogP contribution is 2.34. The maximum atomic E-state index is 11.4. The number of halogens is 1. The molecular weight excluding hydrogens is 194 g/mol. The topological polar surface area (TPSA) is 43.1 Å². The first-order valence-electron chi connectivity index (χ1n) is 3.62. The molecule has 1 heterocycles. The van der Waals surface area contributed by atoms with Crippen LogP contribution in [0.2, 0.25) is 5.02 Å². The molecule has 1 aliphatic heterocycles. The van der Waals surface area contributed by atoms with Gasteiger partial charge >= 0.3 is 0 Å². The minimum atomic E-state index is -0.996. The first-order valence-corrected chi connectivity index (χ1v) is 5.32. The van der Waals surface area contributed by atoms with Crippen LogP contribution in [0.1, 0.15) is 11.6 Å². The molecule has 12 heavy (non-hydrogen) atoms. The van der Waals surface area contributed by atoms with Crippen LogP contribution in [-0.2, 0) is 10.8 Å². The van der Waals surface area contributed by atoms with Crippen LogP contribution in [0.4, 0.5) is 0 Å². The van der Waals surface area contributed by atoms with Crippen LogP contribution in [0.3, 0.4) is 0 Å². The lowest BCUT2D eigenvalue weighted by Crippen LogP contribution is -2.09. The Morgan fingerprint density at radius 3 is 3.00 bits per heavy atom. The van der Waals surface area contributed by atoms with E-state index >= 15 is 0 Å². The van der Waals surface area contributed by atoms with Crippen LogP contribution in [0.5, 0.6) is 0 Å². The summed E-state index contributed by atoms with van der Waals surface area (Å²) >= 11 is 5.88. The normalized spacial score (nSPS) is 27.2. The smallest absolute Gasteiger partial charge is 0.0623 e. The minimum Gasteiger partial charge on any atom is -0.323 e. The molecule has 1 aliphatic rings. The lowest BCUT2D eigenvalue weighted by Gasteiger charge is -2.01. The van der Waals surface area contributed by atoms with Gasteiger partial charge in [-0.3, -0.25) is 4.21 Å². The van der Waals surface area contributed by atoms with Gasteiger partial charge in [0.05, 0.1) is 20.7 Å². The zero-order chi connectivity index (χ0) is 8.72. The SMILES string of the molecule is NC1CS(=O)c2c(Cl)cccc21. The molecule has 0 spiro atoms. The number of rotatable bonds is 0. The maximum absolute atomic E-state index is 11.4. The maximum Gasteiger partial charge on any atom is 0.0623 e. The summed E-state index contributed by atoms with van der Waals surface area (Å²) in [6.45, 7) is 0.